The minimum absolute atomic E-state index is 0.165. The SMILES string of the molecule is CS(=O)(=O)N1CC[C@@H](Nc2ncc3ccc(-c4ccccn4)n3n2)[C@H](F)C1. The highest BCUT2D eigenvalue weighted by Crippen LogP contribution is 2.22. The van der Waals surface area contributed by atoms with Crippen LogP contribution < -0.4 is 5.32 Å². The van der Waals surface area contributed by atoms with Gasteiger partial charge in [0.2, 0.25) is 16.0 Å². The summed E-state index contributed by atoms with van der Waals surface area (Å²) >= 11 is 0. The van der Waals surface area contributed by atoms with Gasteiger partial charge in [0, 0.05) is 19.3 Å². The number of aromatic nitrogens is 4. The topological polar surface area (TPSA) is 92.5 Å². The quantitative estimate of drug-likeness (QED) is 0.727. The van der Waals surface area contributed by atoms with E-state index in [0.717, 1.165) is 27.5 Å². The molecule has 0 amide bonds. The Morgan fingerprint density at radius 1 is 1.22 bits per heavy atom. The van der Waals surface area contributed by atoms with E-state index in [9.17, 15) is 12.8 Å². The van der Waals surface area contributed by atoms with Crippen molar-refractivity contribution in [1.82, 2.24) is 23.9 Å². The maximum Gasteiger partial charge on any atom is 0.241 e. The molecule has 8 nitrogen and oxygen atoms in total. The maximum atomic E-state index is 14.5. The van der Waals surface area contributed by atoms with Gasteiger partial charge in [-0.1, -0.05) is 6.07 Å². The molecular formula is C17H19FN6O2S. The highest BCUT2D eigenvalue weighted by Gasteiger charge is 2.33. The van der Waals surface area contributed by atoms with Crippen molar-refractivity contribution >= 4 is 21.5 Å². The zero-order chi connectivity index (χ0) is 19.0. The van der Waals surface area contributed by atoms with Crippen LogP contribution in [0.2, 0.25) is 0 Å². The van der Waals surface area contributed by atoms with Crippen molar-refractivity contribution in [3.63, 3.8) is 0 Å². The molecule has 1 aliphatic heterocycles. The van der Waals surface area contributed by atoms with E-state index in [0.29, 0.717) is 6.42 Å². The van der Waals surface area contributed by atoms with E-state index in [1.54, 1.807) is 16.9 Å². The number of rotatable bonds is 4. The van der Waals surface area contributed by atoms with Gasteiger partial charge in [-0.2, -0.15) is 4.31 Å². The first kappa shape index (κ1) is 17.8. The third-order valence-corrected chi connectivity index (χ3v) is 5.88. The predicted molar refractivity (Wildman–Crippen MR) is 99.6 cm³/mol. The number of hydrogen-bond donors (Lipinski definition) is 1. The fourth-order valence-corrected chi connectivity index (χ4v) is 4.03. The lowest BCUT2D eigenvalue weighted by atomic mass is 10.1. The second-order valence-corrected chi connectivity index (χ2v) is 8.51. The second kappa shape index (κ2) is 6.86. The van der Waals surface area contributed by atoms with Crippen LogP contribution in [0.1, 0.15) is 6.42 Å². The Morgan fingerprint density at radius 2 is 2.07 bits per heavy atom. The summed E-state index contributed by atoms with van der Waals surface area (Å²) < 4.78 is 40.5. The predicted octanol–water partition coefficient (Wildman–Crippen LogP) is 1.58. The number of anilines is 1. The summed E-state index contributed by atoms with van der Waals surface area (Å²) in [6.07, 6.45) is 3.45. The van der Waals surface area contributed by atoms with Gasteiger partial charge in [0.05, 0.1) is 35.4 Å². The van der Waals surface area contributed by atoms with Gasteiger partial charge in [-0.05, 0) is 30.7 Å². The number of hydrogen-bond acceptors (Lipinski definition) is 6. The van der Waals surface area contributed by atoms with Crippen molar-refractivity contribution in [2.24, 2.45) is 0 Å². The minimum Gasteiger partial charge on any atom is -0.347 e. The van der Waals surface area contributed by atoms with Crippen LogP contribution in [-0.4, -0.2) is 63.9 Å². The second-order valence-electron chi connectivity index (χ2n) is 6.53. The molecule has 0 bridgehead atoms. The summed E-state index contributed by atoms with van der Waals surface area (Å²) in [5, 5.41) is 7.47. The molecule has 0 saturated carbocycles. The zero-order valence-corrected chi connectivity index (χ0v) is 15.5. The Bertz CT molecular complexity index is 1060. The molecule has 0 unspecified atom stereocenters. The number of nitrogens with zero attached hydrogens (tertiary/aromatic N) is 5. The van der Waals surface area contributed by atoms with Crippen LogP contribution in [0, 0.1) is 0 Å². The molecule has 3 aromatic heterocycles. The van der Waals surface area contributed by atoms with Gasteiger partial charge in [-0.25, -0.2) is 22.3 Å². The van der Waals surface area contributed by atoms with Crippen LogP contribution >= 0.6 is 0 Å². The number of pyridine rings is 1. The fraction of sp³-hybridized carbons (Fsp3) is 0.353. The van der Waals surface area contributed by atoms with Crippen LogP contribution in [0.25, 0.3) is 16.9 Å². The Labute approximate surface area is 156 Å². The average molecular weight is 390 g/mol. The van der Waals surface area contributed by atoms with Gasteiger partial charge in [-0.3, -0.25) is 4.98 Å². The van der Waals surface area contributed by atoms with Crippen molar-refractivity contribution in [2.75, 3.05) is 24.7 Å². The lowest BCUT2D eigenvalue weighted by Crippen LogP contribution is -2.49. The number of piperidine rings is 1. The van der Waals surface area contributed by atoms with E-state index in [1.807, 2.05) is 30.3 Å². The number of sulfonamides is 1. The average Bonchev–Trinajstić information content (AvgIpc) is 3.06. The highest BCUT2D eigenvalue weighted by molar-refractivity contribution is 7.88. The minimum atomic E-state index is -3.39. The van der Waals surface area contributed by atoms with Crippen LogP contribution in [0.15, 0.2) is 42.7 Å². The van der Waals surface area contributed by atoms with Gasteiger partial charge < -0.3 is 5.32 Å². The molecule has 2 atom stereocenters. The van der Waals surface area contributed by atoms with Crippen LogP contribution in [0.3, 0.4) is 0 Å². The number of halogens is 1. The van der Waals surface area contributed by atoms with Gasteiger partial charge in [-0.15, -0.1) is 5.10 Å². The van der Waals surface area contributed by atoms with Crippen molar-refractivity contribution in [3.05, 3.63) is 42.7 Å². The van der Waals surface area contributed by atoms with E-state index >= 15 is 0 Å². The molecule has 3 aromatic rings. The lowest BCUT2D eigenvalue weighted by molar-refractivity contribution is 0.186. The Morgan fingerprint density at radius 3 is 2.78 bits per heavy atom. The molecule has 1 saturated heterocycles. The van der Waals surface area contributed by atoms with E-state index < -0.39 is 22.2 Å². The molecule has 10 heteroatoms. The molecule has 0 spiro atoms. The van der Waals surface area contributed by atoms with Gasteiger partial charge >= 0.3 is 0 Å². The summed E-state index contributed by atoms with van der Waals surface area (Å²) in [7, 11) is -3.39. The first-order valence-electron chi connectivity index (χ1n) is 8.54. The van der Waals surface area contributed by atoms with Crippen molar-refractivity contribution < 1.29 is 12.8 Å². The Kier molecular flexibility index (Phi) is 4.52. The summed E-state index contributed by atoms with van der Waals surface area (Å²) in [6.45, 7) is 0.101. The van der Waals surface area contributed by atoms with E-state index in [-0.39, 0.29) is 19.0 Å². The fourth-order valence-electron chi connectivity index (χ4n) is 3.18. The van der Waals surface area contributed by atoms with E-state index in [1.165, 1.54) is 0 Å². The molecular weight excluding hydrogens is 371 g/mol. The number of fused-ring (bicyclic) bond motifs is 1. The smallest absolute Gasteiger partial charge is 0.241 e. The van der Waals surface area contributed by atoms with Crippen LogP contribution in [-0.2, 0) is 10.0 Å². The lowest BCUT2D eigenvalue weighted by Gasteiger charge is -2.33. The molecule has 27 heavy (non-hydrogen) atoms. The van der Waals surface area contributed by atoms with Crippen LogP contribution in [0.4, 0.5) is 10.3 Å². The molecule has 4 rings (SSSR count). The molecule has 0 aromatic carbocycles. The first-order chi connectivity index (χ1) is 12.9. The Hall–Kier alpha value is -2.59. The third-order valence-electron chi connectivity index (χ3n) is 4.61. The van der Waals surface area contributed by atoms with Gasteiger partial charge in [0.15, 0.2) is 0 Å². The van der Waals surface area contributed by atoms with Gasteiger partial charge in [0.1, 0.15) is 6.17 Å². The Balaban J connectivity index is 1.57. The largest absolute Gasteiger partial charge is 0.347 e. The normalized spacial score (nSPS) is 21.4. The van der Waals surface area contributed by atoms with Crippen molar-refractivity contribution in [3.8, 4) is 11.4 Å². The number of alkyl halides is 1. The summed E-state index contributed by atoms with van der Waals surface area (Å²) in [5.74, 6) is 0.288. The molecule has 1 aliphatic rings. The molecule has 1 fully saturated rings. The van der Waals surface area contributed by atoms with Crippen LogP contribution in [0.5, 0.6) is 0 Å². The maximum absolute atomic E-state index is 14.5. The first-order valence-corrected chi connectivity index (χ1v) is 10.4. The number of nitrogens with one attached hydrogen (secondary N) is 1. The molecule has 1 N–H and O–H groups in total. The van der Waals surface area contributed by atoms with Gasteiger partial charge in [0.25, 0.3) is 0 Å². The van der Waals surface area contributed by atoms with E-state index in [2.05, 4.69) is 20.4 Å². The molecule has 142 valence electrons. The van der Waals surface area contributed by atoms with Crippen molar-refractivity contribution in [2.45, 2.75) is 18.6 Å². The summed E-state index contributed by atoms with van der Waals surface area (Å²) in [6, 6.07) is 8.86. The molecule has 4 heterocycles. The molecule has 0 aliphatic carbocycles. The van der Waals surface area contributed by atoms with Crippen molar-refractivity contribution in [1.29, 1.82) is 0 Å². The summed E-state index contributed by atoms with van der Waals surface area (Å²) in [5.41, 5.74) is 2.37. The standard InChI is InChI=1S/C17H19FN6O2S/c1-27(25,26)23-9-7-14(13(18)11-23)21-17-20-10-12-5-6-16(24(12)22-17)15-4-2-3-8-19-15/h2-6,8,10,13-14H,7,9,11H2,1H3,(H,21,22)/t13-,14-/m1/s1. The monoisotopic (exact) mass is 390 g/mol. The van der Waals surface area contributed by atoms with E-state index in [4.69, 9.17) is 0 Å². The zero-order valence-electron chi connectivity index (χ0n) is 14.7. The molecule has 0 radical (unpaired) electrons. The summed E-state index contributed by atoms with van der Waals surface area (Å²) in [4.78, 5) is 8.58. The highest BCUT2D eigenvalue weighted by atomic mass is 32.2. The third kappa shape index (κ3) is 3.62.